The highest BCUT2D eigenvalue weighted by atomic mass is 19.4. The lowest BCUT2D eigenvalue weighted by atomic mass is 10.1. The predicted molar refractivity (Wildman–Crippen MR) is 70.7 cm³/mol. The summed E-state index contributed by atoms with van der Waals surface area (Å²) in [6.07, 6.45) is -5.99. The first-order valence-corrected chi connectivity index (χ1v) is 6.32. The van der Waals surface area contributed by atoms with Crippen molar-refractivity contribution >= 4 is 11.4 Å². The van der Waals surface area contributed by atoms with Gasteiger partial charge >= 0.3 is 12.2 Å². The number of hydrogen-bond acceptors (Lipinski definition) is 1. The van der Waals surface area contributed by atoms with Gasteiger partial charge in [-0.25, -0.2) is 8.78 Å². The zero-order chi connectivity index (χ0) is 17.4. The lowest BCUT2D eigenvalue weighted by Gasteiger charge is -2.35. The first-order valence-electron chi connectivity index (χ1n) is 6.32. The molecule has 0 aliphatic heterocycles. The number of halogens is 7. The summed E-state index contributed by atoms with van der Waals surface area (Å²) >= 11 is 0. The van der Waals surface area contributed by atoms with Crippen LogP contribution in [0.4, 0.5) is 42.1 Å². The summed E-state index contributed by atoms with van der Waals surface area (Å²) in [5.41, 5.74) is -1.75. The van der Waals surface area contributed by atoms with Crippen molar-refractivity contribution in [2.75, 3.05) is 4.90 Å². The van der Waals surface area contributed by atoms with E-state index in [4.69, 9.17) is 0 Å². The summed E-state index contributed by atoms with van der Waals surface area (Å²) in [5.74, 6) is -3.32. The van der Waals surface area contributed by atoms with Gasteiger partial charge in [-0.05, 0) is 30.7 Å². The van der Waals surface area contributed by atoms with Gasteiger partial charge in [-0.1, -0.05) is 24.3 Å². The topological polar surface area (TPSA) is 3.24 Å². The van der Waals surface area contributed by atoms with Gasteiger partial charge < -0.3 is 0 Å². The Bertz CT molecular complexity index is 709. The van der Waals surface area contributed by atoms with Gasteiger partial charge in [-0.2, -0.15) is 22.0 Å². The molecule has 0 atom stereocenters. The SMILES string of the molecule is Cc1ccccc1N(c1cccc(F)c1F)C(F)(F)C(F)(F)F. The molecule has 0 radical (unpaired) electrons. The van der Waals surface area contributed by atoms with Crippen LogP contribution < -0.4 is 4.90 Å². The maximum atomic E-state index is 14.0. The van der Waals surface area contributed by atoms with Crippen molar-refractivity contribution in [1.29, 1.82) is 0 Å². The van der Waals surface area contributed by atoms with Crippen molar-refractivity contribution in [2.24, 2.45) is 0 Å². The van der Waals surface area contributed by atoms with E-state index in [2.05, 4.69) is 0 Å². The van der Waals surface area contributed by atoms with Crippen LogP contribution in [0, 0.1) is 18.6 Å². The molecule has 0 aromatic heterocycles. The summed E-state index contributed by atoms with van der Waals surface area (Å²) in [4.78, 5) is -0.541. The predicted octanol–water partition coefficient (Wildman–Crippen LogP) is 5.57. The van der Waals surface area contributed by atoms with Gasteiger partial charge in [0.05, 0.1) is 11.4 Å². The molecule has 8 heteroatoms. The summed E-state index contributed by atoms with van der Waals surface area (Å²) in [7, 11) is 0. The Balaban J connectivity index is 2.76. The zero-order valence-corrected chi connectivity index (χ0v) is 11.6. The third kappa shape index (κ3) is 2.97. The number of hydrogen-bond donors (Lipinski definition) is 0. The minimum atomic E-state index is -5.99. The molecule has 0 saturated heterocycles. The van der Waals surface area contributed by atoms with Crippen molar-refractivity contribution in [3.8, 4) is 0 Å². The molecule has 0 spiro atoms. The summed E-state index contributed by atoms with van der Waals surface area (Å²) in [6.45, 7) is 1.28. The van der Waals surface area contributed by atoms with E-state index < -0.39 is 40.1 Å². The standard InChI is InChI=1S/C15H10F7N/c1-9-5-2-3-7-11(9)23(15(21,22)14(18,19)20)12-8-4-6-10(16)13(12)17/h2-8H,1H3. The van der Waals surface area contributed by atoms with Crippen LogP contribution in [0.15, 0.2) is 42.5 Å². The molecule has 124 valence electrons. The Kier molecular flexibility index (Phi) is 4.28. The fraction of sp³-hybridized carbons (Fsp3) is 0.200. The minimum Gasteiger partial charge on any atom is -0.271 e. The van der Waals surface area contributed by atoms with Crippen LogP contribution in [0.2, 0.25) is 0 Å². The van der Waals surface area contributed by atoms with E-state index in [0.29, 0.717) is 12.1 Å². The average Bonchev–Trinajstić information content (AvgIpc) is 2.44. The average molecular weight is 337 g/mol. The van der Waals surface area contributed by atoms with E-state index in [1.165, 1.54) is 25.1 Å². The van der Waals surface area contributed by atoms with E-state index >= 15 is 0 Å². The highest BCUT2D eigenvalue weighted by molar-refractivity contribution is 5.68. The number of rotatable bonds is 3. The summed E-state index contributed by atoms with van der Waals surface area (Å²) in [5, 5.41) is 0. The Morgan fingerprint density at radius 3 is 1.91 bits per heavy atom. The van der Waals surface area contributed by atoms with Gasteiger partial charge in [0.2, 0.25) is 0 Å². The summed E-state index contributed by atoms with van der Waals surface area (Å²) < 4.78 is 93.6. The van der Waals surface area contributed by atoms with Crippen LogP contribution in [-0.4, -0.2) is 12.2 Å². The third-order valence-corrected chi connectivity index (χ3v) is 3.15. The minimum absolute atomic E-state index is 0.0417. The van der Waals surface area contributed by atoms with E-state index in [0.717, 1.165) is 12.1 Å². The molecular weight excluding hydrogens is 327 g/mol. The highest BCUT2D eigenvalue weighted by Crippen LogP contribution is 2.46. The molecular formula is C15H10F7N. The second-order valence-corrected chi connectivity index (χ2v) is 4.73. The molecule has 0 fully saturated rings. The van der Waals surface area contributed by atoms with Gasteiger partial charge in [0.15, 0.2) is 11.6 Å². The van der Waals surface area contributed by atoms with E-state index in [1.54, 1.807) is 0 Å². The number of anilines is 2. The first kappa shape index (κ1) is 17.1. The molecule has 0 saturated carbocycles. The van der Waals surface area contributed by atoms with Crippen LogP contribution in [0.5, 0.6) is 0 Å². The van der Waals surface area contributed by atoms with Crippen LogP contribution >= 0.6 is 0 Å². The van der Waals surface area contributed by atoms with Crippen molar-refractivity contribution in [3.05, 3.63) is 59.7 Å². The molecule has 2 aromatic rings. The Morgan fingerprint density at radius 2 is 1.35 bits per heavy atom. The monoisotopic (exact) mass is 337 g/mol. The molecule has 23 heavy (non-hydrogen) atoms. The molecule has 0 N–H and O–H groups in total. The Labute approximate surface area is 127 Å². The molecule has 2 aromatic carbocycles. The number of aryl methyl sites for hydroxylation is 1. The fourth-order valence-corrected chi connectivity index (χ4v) is 2.04. The second-order valence-electron chi connectivity index (χ2n) is 4.73. The van der Waals surface area contributed by atoms with Crippen LogP contribution in [0.1, 0.15) is 5.56 Å². The van der Waals surface area contributed by atoms with Gasteiger partial charge in [-0.3, -0.25) is 4.90 Å². The molecule has 2 rings (SSSR count). The number of benzene rings is 2. The molecule has 0 bridgehead atoms. The van der Waals surface area contributed by atoms with Crippen molar-refractivity contribution in [1.82, 2.24) is 0 Å². The Morgan fingerprint density at radius 1 is 0.783 bits per heavy atom. The first-order chi connectivity index (χ1) is 10.6. The molecule has 0 heterocycles. The molecule has 0 unspecified atom stereocenters. The van der Waals surface area contributed by atoms with Crippen LogP contribution in [-0.2, 0) is 0 Å². The van der Waals surface area contributed by atoms with Gasteiger partial charge in [0.25, 0.3) is 0 Å². The molecule has 0 aliphatic rings. The number of alkyl halides is 5. The third-order valence-electron chi connectivity index (χ3n) is 3.15. The Hall–Kier alpha value is -2.25. The van der Waals surface area contributed by atoms with Gasteiger partial charge in [-0.15, -0.1) is 0 Å². The van der Waals surface area contributed by atoms with Crippen molar-refractivity contribution in [3.63, 3.8) is 0 Å². The van der Waals surface area contributed by atoms with Crippen LogP contribution in [0.25, 0.3) is 0 Å². The van der Waals surface area contributed by atoms with E-state index in [-0.39, 0.29) is 5.56 Å². The largest absolute Gasteiger partial charge is 0.475 e. The zero-order valence-electron chi connectivity index (χ0n) is 11.6. The number of nitrogens with zero attached hydrogens (tertiary/aromatic N) is 1. The maximum absolute atomic E-state index is 14.0. The molecule has 1 nitrogen and oxygen atoms in total. The van der Waals surface area contributed by atoms with Crippen LogP contribution in [0.3, 0.4) is 0 Å². The van der Waals surface area contributed by atoms with E-state index in [1.807, 2.05) is 0 Å². The van der Waals surface area contributed by atoms with Gasteiger partial charge in [0, 0.05) is 0 Å². The number of para-hydroxylation sites is 1. The summed E-state index contributed by atoms with van der Waals surface area (Å²) in [6, 6.07) is 1.60. The normalized spacial score (nSPS) is 12.3. The second kappa shape index (κ2) is 5.75. The fourth-order valence-electron chi connectivity index (χ4n) is 2.04. The lowest BCUT2D eigenvalue weighted by Crippen LogP contribution is -2.50. The highest BCUT2D eigenvalue weighted by Gasteiger charge is 2.63. The van der Waals surface area contributed by atoms with Crippen molar-refractivity contribution < 1.29 is 30.7 Å². The van der Waals surface area contributed by atoms with E-state index in [9.17, 15) is 30.7 Å². The quantitative estimate of drug-likeness (QED) is 0.523. The maximum Gasteiger partial charge on any atom is 0.475 e. The van der Waals surface area contributed by atoms with Crippen molar-refractivity contribution in [2.45, 2.75) is 19.1 Å². The smallest absolute Gasteiger partial charge is 0.271 e. The lowest BCUT2D eigenvalue weighted by molar-refractivity contribution is -0.278. The molecule has 0 amide bonds. The molecule has 0 aliphatic carbocycles. The van der Waals surface area contributed by atoms with Gasteiger partial charge in [0.1, 0.15) is 0 Å².